The van der Waals surface area contributed by atoms with Crippen molar-refractivity contribution in [3.05, 3.63) is 39.9 Å². The zero-order valence-corrected chi connectivity index (χ0v) is 9.76. The number of amides is 1. The third-order valence-electron chi connectivity index (χ3n) is 1.83. The maximum Gasteiger partial charge on any atom is 0.230 e. The molecule has 0 bridgehead atoms. The standard InChI is InChI=1S/C10H8ClN3OS/c11-8-4-13-9(5-12-8)14-10(15)3-7-1-2-16-6-7/h1-2,4-6H,3H2,(H,13,14,15). The highest BCUT2D eigenvalue weighted by Gasteiger charge is 2.05. The second-order valence-corrected chi connectivity index (χ2v) is 4.25. The van der Waals surface area contributed by atoms with E-state index in [0.717, 1.165) is 5.56 Å². The first kappa shape index (κ1) is 11.0. The van der Waals surface area contributed by atoms with Crippen LogP contribution < -0.4 is 5.32 Å². The fourth-order valence-corrected chi connectivity index (χ4v) is 1.91. The summed E-state index contributed by atoms with van der Waals surface area (Å²) < 4.78 is 0. The van der Waals surface area contributed by atoms with Crippen molar-refractivity contribution in [3.63, 3.8) is 0 Å². The van der Waals surface area contributed by atoms with Crippen LogP contribution in [-0.4, -0.2) is 15.9 Å². The Bertz CT molecular complexity index is 469. The number of nitrogens with zero attached hydrogens (tertiary/aromatic N) is 2. The van der Waals surface area contributed by atoms with Crippen LogP contribution in [0.2, 0.25) is 5.15 Å². The van der Waals surface area contributed by atoms with Crippen LogP contribution in [0.4, 0.5) is 5.82 Å². The van der Waals surface area contributed by atoms with E-state index >= 15 is 0 Å². The number of rotatable bonds is 3. The van der Waals surface area contributed by atoms with Crippen molar-refractivity contribution < 1.29 is 4.79 Å². The van der Waals surface area contributed by atoms with Crippen LogP contribution >= 0.6 is 22.9 Å². The summed E-state index contributed by atoms with van der Waals surface area (Å²) in [6.07, 6.45) is 3.16. The molecule has 0 saturated heterocycles. The number of anilines is 1. The molecule has 6 heteroatoms. The minimum Gasteiger partial charge on any atom is -0.309 e. The SMILES string of the molecule is O=C(Cc1ccsc1)Nc1cnc(Cl)cn1. The molecule has 0 fully saturated rings. The van der Waals surface area contributed by atoms with Gasteiger partial charge in [0.2, 0.25) is 5.91 Å². The van der Waals surface area contributed by atoms with Gasteiger partial charge < -0.3 is 5.32 Å². The molecule has 0 spiro atoms. The Hall–Kier alpha value is -1.46. The maximum atomic E-state index is 11.6. The molecule has 0 unspecified atom stereocenters. The molecule has 0 atom stereocenters. The van der Waals surface area contributed by atoms with E-state index in [-0.39, 0.29) is 5.91 Å². The number of hydrogen-bond donors (Lipinski definition) is 1. The lowest BCUT2D eigenvalue weighted by atomic mass is 10.2. The highest BCUT2D eigenvalue weighted by atomic mass is 35.5. The molecule has 1 amide bonds. The van der Waals surface area contributed by atoms with Crippen molar-refractivity contribution in [3.8, 4) is 0 Å². The number of nitrogens with one attached hydrogen (secondary N) is 1. The third kappa shape index (κ3) is 3.01. The van der Waals surface area contributed by atoms with Crippen molar-refractivity contribution in [2.45, 2.75) is 6.42 Å². The molecule has 4 nitrogen and oxygen atoms in total. The Kier molecular flexibility index (Phi) is 3.48. The van der Waals surface area contributed by atoms with Gasteiger partial charge in [-0.3, -0.25) is 4.79 Å². The molecular formula is C10H8ClN3OS. The van der Waals surface area contributed by atoms with Crippen LogP contribution in [0.15, 0.2) is 29.2 Å². The molecular weight excluding hydrogens is 246 g/mol. The van der Waals surface area contributed by atoms with Crippen LogP contribution in [0.1, 0.15) is 5.56 Å². The molecule has 0 aliphatic rings. The summed E-state index contributed by atoms with van der Waals surface area (Å²) in [5, 5.41) is 6.82. The van der Waals surface area contributed by atoms with Gasteiger partial charge in [-0.1, -0.05) is 11.6 Å². The van der Waals surface area contributed by atoms with Crippen molar-refractivity contribution in [1.82, 2.24) is 9.97 Å². The van der Waals surface area contributed by atoms with E-state index in [1.165, 1.54) is 12.4 Å². The van der Waals surface area contributed by atoms with E-state index in [9.17, 15) is 4.79 Å². The average molecular weight is 254 g/mol. The number of aromatic nitrogens is 2. The molecule has 2 aromatic heterocycles. The number of carbonyl (C=O) groups excluding carboxylic acids is 1. The smallest absolute Gasteiger partial charge is 0.230 e. The highest BCUT2D eigenvalue weighted by molar-refractivity contribution is 7.08. The third-order valence-corrected chi connectivity index (χ3v) is 2.76. The normalized spacial score (nSPS) is 10.1. The Labute approximate surface area is 101 Å². The largest absolute Gasteiger partial charge is 0.309 e. The molecule has 82 valence electrons. The fraction of sp³-hybridized carbons (Fsp3) is 0.100. The first-order valence-corrected chi connectivity index (χ1v) is 5.84. The second-order valence-electron chi connectivity index (χ2n) is 3.08. The molecule has 0 aromatic carbocycles. The summed E-state index contributed by atoms with van der Waals surface area (Å²) in [5.41, 5.74) is 0.990. The first-order valence-electron chi connectivity index (χ1n) is 4.52. The average Bonchev–Trinajstić information content (AvgIpc) is 2.74. The molecule has 0 saturated carbocycles. The van der Waals surface area contributed by atoms with Crippen molar-refractivity contribution in [1.29, 1.82) is 0 Å². The van der Waals surface area contributed by atoms with Gasteiger partial charge in [0.05, 0.1) is 18.8 Å². The van der Waals surface area contributed by atoms with Crippen LogP contribution in [0.5, 0.6) is 0 Å². The van der Waals surface area contributed by atoms with Crippen LogP contribution in [0.25, 0.3) is 0 Å². The van der Waals surface area contributed by atoms with Crippen LogP contribution in [-0.2, 0) is 11.2 Å². The summed E-state index contributed by atoms with van der Waals surface area (Å²) in [7, 11) is 0. The first-order chi connectivity index (χ1) is 7.74. The lowest BCUT2D eigenvalue weighted by Gasteiger charge is -2.02. The molecule has 0 aliphatic carbocycles. The molecule has 0 aliphatic heterocycles. The molecule has 2 aromatic rings. The zero-order valence-electron chi connectivity index (χ0n) is 8.18. The van der Waals surface area contributed by atoms with Crippen molar-refractivity contribution >= 4 is 34.7 Å². The van der Waals surface area contributed by atoms with Crippen LogP contribution in [0.3, 0.4) is 0 Å². The molecule has 0 radical (unpaired) electrons. The predicted octanol–water partition coefficient (Wildman–Crippen LogP) is 2.37. The summed E-state index contributed by atoms with van der Waals surface area (Å²) in [6, 6.07) is 1.91. The minimum atomic E-state index is -0.116. The number of carbonyl (C=O) groups is 1. The lowest BCUT2D eigenvalue weighted by Crippen LogP contribution is -2.15. The highest BCUT2D eigenvalue weighted by Crippen LogP contribution is 2.09. The van der Waals surface area contributed by atoms with Gasteiger partial charge in [0.15, 0.2) is 5.82 Å². The van der Waals surface area contributed by atoms with Gasteiger partial charge in [-0.05, 0) is 22.4 Å². The van der Waals surface area contributed by atoms with Gasteiger partial charge in [-0.15, -0.1) is 0 Å². The predicted molar refractivity (Wildman–Crippen MR) is 63.7 cm³/mol. The number of thiophene rings is 1. The van der Waals surface area contributed by atoms with Gasteiger partial charge in [-0.25, -0.2) is 9.97 Å². The van der Waals surface area contributed by atoms with E-state index < -0.39 is 0 Å². The topological polar surface area (TPSA) is 54.9 Å². The molecule has 2 heterocycles. The number of hydrogen-bond acceptors (Lipinski definition) is 4. The van der Waals surface area contributed by atoms with E-state index in [1.807, 2.05) is 16.8 Å². The second kappa shape index (κ2) is 5.05. The summed E-state index contributed by atoms with van der Waals surface area (Å²) in [5.74, 6) is 0.291. The van der Waals surface area contributed by atoms with E-state index in [2.05, 4.69) is 15.3 Å². The van der Waals surface area contributed by atoms with Crippen LogP contribution in [0, 0.1) is 0 Å². The van der Waals surface area contributed by atoms with E-state index in [0.29, 0.717) is 17.4 Å². The Balaban J connectivity index is 1.95. The van der Waals surface area contributed by atoms with Gasteiger partial charge >= 0.3 is 0 Å². The van der Waals surface area contributed by atoms with Gasteiger partial charge in [0.25, 0.3) is 0 Å². The van der Waals surface area contributed by atoms with E-state index in [4.69, 9.17) is 11.6 Å². The van der Waals surface area contributed by atoms with Crippen molar-refractivity contribution in [2.75, 3.05) is 5.32 Å². The molecule has 2 rings (SSSR count). The summed E-state index contributed by atoms with van der Waals surface area (Å²) in [6.45, 7) is 0. The Morgan fingerprint density at radius 3 is 2.94 bits per heavy atom. The van der Waals surface area contributed by atoms with Gasteiger partial charge in [0.1, 0.15) is 5.15 Å². The summed E-state index contributed by atoms with van der Waals surface area (Å²) >= 11 is 7.14. The number of halogens is 1. The Morgan fingerprint density at radius 2 is 2.31 bits per heavy atom. The minimum absolute atomic E-state index is 0.116. The Morgan fingerprint density at radius 1 is 1.44 bits per heavy atom. The van der Waals surface area contributed by atoms with Gasteiger partial charge in [0, 0.05) is 0 Å². The van der Waals surface area contributed by atoms with E-state index in [1.54, 1.807) is 11.3 Å². The summed E-state index contributed by atoms with van der Waals surface area (Å²) in [4.78, 5) is 19.3. The molecule has 1 N–H and O–H groups in total. The van der Waals surface area contributed by atoms with Crippen molar-refractivity contribution in [2.24, 2.45) is 0 Å². The maximum absolute atomic E-state index is 11.6. The van der Waals surface area contributed by atoms with Gasteiger partial charge in [-0.2, -0.15) is 11.3 Å². The fourth-order valence-electron chi connectivity index (χ4n) is 1.14. The quantitative estimate of drug-likeness (QED) is 0.914. The molecule has 16 heavy (non-hydrogen) atoms. The monoisotopic (exact) mass is 253 g/mol. The zero-order chi connectivity index (χ0) is 11.4. The lowest BCUT2D eigenvalue weighted by molar-refractivity contribution is -0.115.